The largest absolute Gasteiger partial charge is 0.383 e. The molecule has 1 amide bonds. The quantitative estimate of drug-likeness (QED) is 0.378. The number of pyridine rings is 3. The molecule has 1 aliphatic heterocycles. The summed E-state index contributed by atoms with van der Waals surface area (Å²) in [7, 11) is 1.79. The van der Waals surface area contributed by atoms with E-state index in [9.17, 15) is 4.79 Å². The predicted molar refractivity (Wildman–Crippen MR) is 133 cm³/mol. The van der Waals surface area contributed by atoms with Crippen LogP contribution in [0.1, 0.15) is 25.3 Å². The zero-order valence-corrected chi connectivity index (χ0v) is 19.3. The Bertz CT molecular complexity index is 1240. The maximum Gasteiger partial charge on any atom is 0.228 e. The van der Waals surface area contributed by atoms with E-state index in [0.29, 0.717) is 29.6 Å². The lowest BCUT2D eigenvalue weighted by Crippen LogP contribution is -2.41. The van der Waals surface area contributed by atoms with Crippen molar-refractivity contribution in [2.75, 3.05) is 42.3 Å². The highest BCUT2D eigenvalue weighted by Crippen LogP contribution is 2.31. The third-order valence-electron chi connectivity index (χ3n) is 6.06. The maximum absolute atomic E-state index is 12.2. The van der Waals surface area contributed by atoms with E-state index in [1.165, 1.54) is 0 Å². The van der Waals surface area contributed by atoms with E-state index in [1.54, 1.807) is 25.6 Å². The van der Waals surface area contributed by atoms with Gasteiger partial charge in [0.05, 0.1) is 24.6 Å². The van der Waals surface area contributed by atoms with E-state index in [1.807, 2.05) is 18.2 Å². The summed E-state index contributed by atoms with van der Waals surface area (Å²) >= 11 is 0. The lowest BCUT2D eigenvalue weighted by molar-refractivity contribution is -0.117. The predicted octanol–water partition coefficient (Wildman–Crippen LogP) is 2.68. The lowest BCUT2D eigenvalue weighted by atomic mass is 10.1. The van der Waals surface area contributed by atoms with Gasteiger partial charge in [0.2, 0.25) is 5.91 Å². The molecule has 4 N–H and O–H groups in total. The molecule has 3 aromatic rings. The molecule has 5 rings (SSSR count). The summed E-state index contributed by atoms with van der Waals surface area (Å²) in [5, 5.41) is 7.54. The second-order valence-electron chi connectivity index (χ2n) is 8.65. The molecular formula is C24H28N8O2. The van der Waals surface area contributed by atoms with Gasteiger partial charge in [0.15, 0.2) is 5.82 Å². The number of nitrogens with zero attached hydrogens (tertiary/aromatic N) is 5. The van der Waals surface area contributed by atoms with Gasteiger partial charge in [-0.25, -0.2) is 19.9 Å². The summed E-state index contributed by atoms with van der Waals surface area (Å²) in [6, 6.07) is 5.65. The number of hydrogen-bond acceptors (Lipinski definition) is 8. The zero-order valence-electron chi connectivity index (χ0n) is 19.3. The number of aliphatic imine (C=N–C) groups is 1. The van der Waals surface area contributed by atoms with Crippen LogP contribution in [0, 0.1) is 5.92 Å². The summed E-state index contributed by atoms with van der Waals surface area (Å²) in [5.41, 5.74) is 8.08. The Balaban J connectivity index is 1.44. The average molecular weight is 461 g/mol. The fourth-order valence-corrected chi connectivity index (χ4v) is 4.05. The van der Waals surface area contributed by atoms with Crippen LogP contribution in [0.15, 0.2) is 41.8 Å². The molecular weight excluding hydrogens is 432 g/mol. The van der Waals surface area contributed by atoms with Crippen LogP contribution in [-0.4, -0.2) is 59.5 Å². The number of amidine groups is 1. The summed E-state index contributed by atoms with van der Waals surface area (Å²) in [6.07, 6.45) is 7.20. The van der Waals surface area contributed by atoms with Gasteiger partial charge in [-0.15, -0.1) is 0 Å². The van der Waals surface area contributed by atoms with Gasteiger partial charge >= 0.3 is 0 Å². The van der Waals surface area contributed by atoms with E-state index < -0.39 is 0 Å². The molecule has 2 aliphatic rings. The third kappa shape index (κ3) is 4.62. The van der Waals surface area contributed by atoms with Gasteiger partial charge in [-0.1, -0.05) is 0 Å². The minimum Gasteiger partial charge on any atom is -0.383 e. The van der Waals surface area contributed by atoms with Crippen molar-refractivity contribution in [1.29, 1.82) is 0 Å². The van der Waals surface area contributed by atoms with Gasteiger partial charge in [-0.05, 0) is 38.0 Å². The number of morpholine rings is 1. The Morgan fingerprint density at radius 3 is 2.74 bits per heavy atom. The van der Waals surface area contributed by atoms with Crippen molar-refractivity contribution in [3.05, 3.63) is 42.4 Å². The van der Waals surface area contributed by atoms with Crippen molar-refractivity contribution in [2.24, 2.45) is 16.6 Å². The molecule has 10 heteroatoms. The van der Waals surface area contributed by atoms with E-state index in [0.717, 1.165) is 42.4 Å². The molecule has 4 heterocycles. The molecule has 0 radical (unpaired) electrons. The van der Waals surface area contributed by atoms with E-state index >= 15 is 0 Å². The number of aromatic nitrogens is 3. The topological polar surface area (TPSA) is 131 Å². The van der Waals surface area contributed by atoms with Crippen LogP contribution in [0.4, 0.5) is 23.1 Å². The maximum atomic E-state index is 12.2. The second-order valence-corrected chi connectivity index (χ2v) is 8.65. The monoisotopic (exact) mass is 460 g/mol. The van der Waals surface area contributed by atoms with Crippen molar-refractivity contribution in [2.45, 2.75) is 25.9 Å². The standard InChI is InChI=1S/C24H28N8O2/c1-14-13-32(7-8-34-14)16-5-6-20(27-10-16)30-22(25)18-11-29-23(26-2)19-12-28-21(9-17(18)19)31-24(33)15-3-4-15/h5-6,9-12,14-15H,3-4,7-8,13H2,1-2H3,(H,26,29)(H2,25,27,30)(H,28,31,33)/t14-/m0/s1. The molecule has 34 heavy (non-hydrogen) atoms. The van der Waals surface area contributed by atoms with E-state index in [2.05, 4.69) is 42.4 Å². The fourth-order valence-electron chi connectivity index (χ4n) is 4.05. The molecule has 0 unspecified atom stereocenters. The molecule has 0 aromatic carbocycles. The van der Waals surface area contributed by atoms with Crippen molar-refractivity contribution >= 4 is 45.7 Å². The summed E-state index contributed by atoms with van der Waals surface area (Å²) in [4.78, 5) is 32.3. The molecule has 1 saturated carbocycles. The first kappa shape index (κ1) is 22.0. The molecule has 1 saturated heterocycles. The number of ether oxygens (including phenoxy) is 1. The Kier molecular flexibility index (Phi) is 5.97. The lowest BCUT2D eigenvalue weighted by Gasteiger charge is -2.32. The molecule has 3 aromatic heterocycles. The molecule has 0 spiro atoms. The Morgan fingerprint density at radius 2 is 2.03 bits per heavy atom. The van der Waals surface area contributed by atoms with Gasteiger partial charge in [0.25, 0.3) is 0 Å². The number of nitrogens with two attached hydrogens (primary N) is 1. The number of carbonyl (C=O) groups is 1. The smallest absolute Gasteiger partial charge is 0.228 e. The zero-order chi connectivity index (χ0) is 23.7. The summed E-state index contributed by atoms with van der Waals surface area (Å²) < 4.78 is 5.61. The highest BCUT2D eigenvalue weighted by Gasteiger charge is 2.30. The number of carbonyl (C=O) groups excluding carboxylic acids is 1. The minimum absolute atomic E-state index is 0.00288. The first-order chi connectivity index (χ1) is 16.5. The number of nitrogens with one attached hydrogen (secondary N) is 2. The third-order valence-corrected chi connectivity index (χ3v) is 6.06. The molecule has 176 valence electrons. The Hall–Kier alpha value is -3.79. The number of amides is 1. The molecule has 1 aliphatic carbocycles. The van der Waals surface area contributed by atoms with Crippen molar-refractivity contribution in [1.82, 2.24) is 15.0 Å². The van der Waals surface area contributed by atoms with Crippen molar-refractivity contribution < 1.29 is 9.53 Å². The average Bonchev–Trinajstić information content (AvgIpc) is 3.69. The number of hydrogen-bond donors (Lipinski definition) is 3. The summed E-state index contributed by atoms with van der Waals surface area (Å²) in [6.45, 7) is 4.43. The number of fused-ring (bicyclic) bond motifs is 1. The Morgan fingerprint density at radius 1 is 1.18 bits per heavy atom. The van der Waals surface area contributed by atoms with Crippen LogP contribution >= 0.6 is 0 Å². The van der Waals surface area contributed by atoms with Crippen LogP contribution < -0.4 is 21.3 Å². The number of rotatable bonds is 6. The normalized spacial score (nSPS) is 18.7. The van der Waals surface area contributed by atoms with Crippen molar-refractivity contribution in [3.8, 4) is 0 Å². The minimum atomic E-state index is -0.00288. The van der Waals surface area contributed by atoms with Gasteiger partial charge in [0, 0.05) is 54.8 Å². The highest BCUT2D eigenvalue weighted by atomic mass is 16.5. The van der Waals surface area contributed by atoms with Crippen LogP contribution in [0.3, 0.4) is 0 Å². The van der Waals surface area contributed by atoms with Crippen LogP contribution in [0.2, 0.25) is 0 Å². The van der Waals surface area contributed by atoms with Crippen LogP contribution in [0.5, 0.6) is 0 Å². The molecule has 2 fully saturated rings. The SMILES string of the molecule is CNc1ncc(C(N)=Nc2ccc(N3CCO[C@@H](C)C3)cn2)c2cc(NC(=O)C3CC3)ncc12. The van der Waals surface area contributed by atoms with Gasteiger partial charge < -0.3 is 26.0 Å². The fraction of sp³-hybridized carbons (Fsp3) is 0.375. The first-order valence-corrected chi connectivity index (χ1v) is 11.5. The van der Waals surface area contributed by atoms with Gasteiger partial charge in [-0.2, -0.15) is 0 Å². The second kappa shape index (κ2) is 9.22. The highest BCUT2D eigenvalue weighted by molar-refractivity contribution is 6.12. The number of anilines is 3. The first-order valence-electron chi connectivity index (χ1n) is 11.5. The van der Waals surface area contributed by atoms with Crippen molar-refractivity contribution in [3.63, 3.8) is 0 Å². The van der Waals surface area contributed by atoms with E-state index in [-0.39, 0.29) is 23.8 Å². The van der Waals surface area contributed by atoms with Crippen LogP contribution in [-0.2, 0) is 9.53 Å². The molecule has 1 atom stereocenters. The molecule has 10 nitrogen and oxygen atoms in total. The Labute approximate surface area is 197 Å². The van der Waals surface area contributed by atoms with Crippen LogP contribution in [0.25, 0.3) is 10.8 Å². The van der Waals surface area contributed by atoms with E-state index in [4.69, 9.17) is 10.5 Å². The van der Waals surface area contributed by atoms with Gasteiger partial charge in [0.1, 0.15) is 17.5 Å². The molecule has 0 bridgehead atoms. The summed E-state index contributed by atoms with van der Waals surface area (Å²) in [5.74, 6) is 2.02. The van der Waals surface area contributed by atoms with Gasteiger partial charge in [-0.3, -0.25) is 4.79 Å².